The molecule has 0 unspecified atom stereocenters. The second-order valence-electron chi connectivity index (χ2n) is 8.95. The lowest BCUT2D eigenvalue weighted by atomic mass is 10.0. The Bertz CT molecular complexity index is 1020. The number of nitrogens with zero attached hydrogens (tertiary/aromatic N) is 3. The van der Waals surface area contributed by atoms with Gasteiger partial charge in [-0.05, 0) is 49.7 Å². The molecule has 2 atom stereocenters. The van der Waals surface area contributed by atoms with Crippen LogP contribution in [0, 0.1) is 5.82 Å². The largest absolute Gasteiger partial charge is 0.478 e. The molecule has 2 heterocycles. The van der Waals surface area contributed by atoms with Crippen LogP contribution in [0.2, 0.25) is 5.02 Å². The van der Waals surface area contributed by atoms with Gasteiger partial charge >= 0.3 is 0 Å². The van der Waals surface area contributed by atoms with Crippen LogP contribution in [-0.2, 0) is 22.6 Å². The fourth-order valence-electron chi connectivity index (χ4n) is 4.55. The number of carbonyl (C=O) groups excluding carboxylic acids is 1. The maximum atomic E-state index is 13.3. The van der Waals surface area contributed by atoms with E-state index in [1.165, 1.54) is 12.1 Å². The van der Waals surface area contributed by atoms with Crippen LogP contribution >= 0.6 is 11.6 Å². The number of benzene rings is 2. The summed E-state index contributed by atoms with van der Waals surface area (Å²) in [5.74, 6) is 2.68. The van der Waals surface area contributed by atoms with Crippen molar-refractivity contribution >= 4 is 17.5 Å². The number of ether oxygens (including phenoxy) is 2. The van der Waals surface area contributed by atoms with E-state index in [-0.39, 0.29) is 17.9 Å². The molecule has 0 saturated carbocycles. The van der Waals surface area contributed by atoms with E-state index in [0.717, 1.165) is 56.3 Å². The summed E-state index contributed by atoms with van der Waals surface area (Å²) in [4.78, 5) is 18.5. The lowest BCUT2D eigenvalue weighted by molar-refractivity contribution is 0.0250. The Kier molecular flexibility index (Phi) is 8.24. The molecule has 8 heteroatoms. The summed E-state index contributed by atoms with van der Waals surface area (Å²) in [5, 5.41) is 0.679. The molecule has 0 amide bonds. The Hall–Kier alpha value is -2.41. The molecular formula is C26H31ClFN3O3. The smallest absolute Gasteiger partial charge is 0.147 e. The van der Waals surface area contributed by atoms with E-state index in [4.69, 9.17) is 21.1 Å². The molecule has 2 saturated heterocycles. The van der Waals surface area contributed by atoms with E-state index >= 15 is 0 Å². The number of hydrogen-bond acceptors (Lipinski definition) is 6. The molecule has 0 aliphatic carbocycles. The van der Waals surface area contributed by atoms with Gasteiger partial charge in [-0.3, -0.25) is 9.80 Å². The average molecular weight is 488 g/mol. The van der Waals surface area contributed by atoms with Gasteiger partial charge in [-0.1, -0.05) is 23.7 Å². The van der Waals surface area contributed by atoms with E-state index in [9.17, 15) is 9.18 Å². The third-order valence-electron chi connectivity index (χ3n) is 6.56. The first kappa shape index (κ1) is 24.7. The van der Waals surface area contributed by atoms with Crippen molar-refractivity contribution in [3.8, 4) is 5.75 Å². The summed E-state index contributed by atoms with van der Waals surface area (Å²) in [6, 6.07) is 12.0. The summed E-state index contributed by atoms with van der Waals surface area (Å²) >= 11 is 6.27. The minimum absolute atomic E-state index is 0.0688. The molecular weight excluding hydrogens is 457 g/mol. The van der Waals surface area contributed by atoms with Gasteiger partial charge in [0.2, 0.25) is 0 Å². The van der Waals surface area contributed by atoms with Crippen LogP contribution in [0.5, 0.6) is 5.75 Å². The summed E-state index contributed by atoms with van der Waals surface area (Å²) in [7, 11) is 0. The van der Waals surface area contributed by atoms with Crippen molar-refractivity contribution in [3.05, 3.63) is 70.1 Å². The summed E-state index contributed by atoms with van der Waals surface area (Å²) in [6.07, 6.45) is 0. The molecule has 0 N–H and O–H groups in total. The van der Waals surface area contributed by atoms with Gasteiger partial charge < -0.3 is 14.4 Å². The Labute approximate surface area is 205 Å². The fraction of sp³-hybridized carbons (Fsp3) is 0.462. The SMILES string of the molecule is C[C@@H]1C(=C=O)N(Cc2ccc(F)cc2)[C@@H](C)CN1COc1ccc(Cl)cc1CN1CCOCC1. The van der Waals surface area contributed by atoms with Crippen molar-refractivity contribution in [2.45, 2.75) is 39.0 Å². The molecule has 6 nitrogen and oxygen atoms in total. The average Bonchev–Trinajstić information content (AvgIpc) is 2.83. The van der Waals surface area contributed by atoms with Gasteiger partial charge in [0.05, 0.1) is 19.3 Å². The highest BCUT2D eigenvalue weighted by Crippen LogP contribution is 2.28. The summed E-state index contributed by atoms with van der Waals surface area (Å²) in [5.41, 5.74) is 2.57. The Morgan fingerprint density at radius 2 is 1.85 bits per heavy atom. The number of morpholine rings is 1. The molecule has 34 heavy (non-hydrogen) atoms. The van der Waals surface area contributed by atoms with Crippen LogP contribution in [-0.4, -0.2) is 72.3 Å². The number of hydrogen-bond donors (Lipinski definition) is 0. The lowest BCUT2D eigenvalue weighted by Crippen LogP contribution is -2.55. The van der Waals surface area contributed by atoms with Gasteiger partial charge in [0.15, 0.2) is 0 Å². The first-order valence-corrected chi connectivity index (χ1v) is 12.0. The zero-order valence-electron chi connectivity index (χ0n) is 19.7. The number of piperazine rings is 1. The van der Waals surface area contributed by atoms with Crippen molar-refractivity contribution in [1.29, 1.82) is 0 Å². The maximum Gasteiger partial charge on any atom is 0.147 e. The van der Waals surface area contributed by atoms with Crippen molar-refractivity contribution in [3.63, 3.8) is 0 Å². The van der Waals surface area contributed by atoms with Crippen molar-refractivity contribution in [1.82, 2.24) is 14.7 Å². The quantitative estimate of drug-likeness (QED) is 0.551. The van der Waals surface area contributed by atoms with E-state index in [2.05, 4.69) is 22.7 Å². The van der Waals surface area contributed by atoms with Gasteiger partial charge in [-0.2, -0.15) is 0 Å². The number of rotatable bonds is 7. The van der Waals surface area contributed by atoms with Crippen LogP contribution < -0.4 is 4.74 Å². The van der Waals surface area contributed by atoms with Crippen molar-refractivity contribution in [2.75, 3.05) is 39.6 Å². The highest BCUT2D eigenvalue weighted by atomic mass is 35.5. The lowest BCUT2D eigenvalue weighted by Gasteiger charge is -2.45. The summed E-state index contributed by atoms with van der Waals surface area (Å²) in [6.45, 7) is 9.63. The van der Waals surface area contributed by atoms with Crippen LogP contribution in [0.4, 0.5) is 4.39 Å². The molecule has 2 fully saturated rings. The molecule has 182 valence electrons. The summed E-state index contributed by atoms with van der Waals surface area (Å²) < 4.78 is 25.0. The molecule has 4 rings (SSSR count). The molecule has 2 aromatic carbocycles. The van der Waals surface area contributed by atoms with Gasteiger partial charge in [0.1, 0.15) is 29.9 Å². The highest BCUT2D eigenvalue weighted by Gasteiger charge is 2.34. The predicted molar refractivity (Wildman–Crippen MR) is 130 cm³/mol. The third kappa shape index (κ3) is 5.98. The van der Waals surface area contributed by atoms with Gasteiger partial charge in [-0.15, -0.1) is 0 Å². The molecule has 2 aromatic rings. The second kappa shape index (κ2) is 11.3. The normalized spacial score (nSPS) is 22.0. The minimum atomic E-state index is -0.270. The zero-order chi connectivity index (χ0) is 24.1. The third-order valence-corrected chi connectivity index (χ3v) is 6.80. The molecule has 2 aliphatic rings. The van der Waals surface area contributed by atoms with E-state index in [1.54, 1.807) is 12.1 Å². The highest BCUT2D eigenvalue weighted by molar-refractivity contribution is 6.30. The molecule has 2 aliphatic heterocycles. The first-order chi connectivity index (χ1) is 16.4. The second-order valence-corrected chi connectivity index (χ2v) is 9.39. The van der Waals surface area contributed by atoms with Crippen LogP contribution in [0.25, 0.3) is 0 Å². The van der Waals surface area contributed by atoms with Gasteiger partial charge in [0, 0.05) is 49.4 Å². The van der Waals surface area contributed by atoms with E-state index in [0.29, 0.717) is 24.0 Å². The van der Waals surface area contributed by atoms with E-state index < -0.39 is 0 Å². The fourth-order valence-corrected chi connectivity index (χ4v) is 4.74. The van der Waals surface area contributed by atoms with Crippen LogP contribution in [0.15, 0.2) is 48.2 Å². The van der Waals surface area contributed by atoms with Crippen molar-refractivity contribution in [2.24, 2.45) is 0 Å². The maximum absolute atomic E-state index is 13.3. The standard InChI is InChI=1S/C26H31ClFN3O3/c1-19-14-30(20(2)25(17-32)31(19)15-21-3-6-24(28)7-4-21)18-34-26-8-5-23(27)13-22(26)16-29-9-11-33-12-10-29/h3-8,13,19-20H,9-12,14-16,18H2,1-2H3/t19-,20+/m0/s1. The Morgan fingerprint density at radius 3 is 2.56 bits per heavy atom. The molecule has 0 spiro atoms. The Balaban J connectivity index is 1.43. The molecule has 0 bridgehead atoms. The number of halogens is 2. The van der Waals surface area contributed by atoms with Crippen LogP contribution in [0.3, 0.4) is 0 Å². The predicted octanol–water partition coefficient (Wildman–Crippen LogP) is 3.96. The van der Waals surface area contributed by atoms with Crippen LogP contribution in [0.1, 0.15) is 25.0 Å². The molecule has 0 aromatic heterocycles. The molecule has 0 radical (unpaired) electrons. The Morgan fingerprint density at radius 1 is 1.12 bits per heavy atom. The monoisotopic (exact) mass is 487 g/mol. The van der Waals surface area contributed by atoms with E-state index in [1.807, 2.05) is 30.0 Å². The van der Waals surface area contributed by atoms with Gasteiger partial charge in [-0.25, -0.2) is 9.18 Å². The zero-order valence-corrected chi connectivity index (χ0v) is 20.4. The van der Waals surface area contributed by atoms with Gasteiger partial charge in [0.25, 0.3) is 0 Å². The van der Waals surface area contributed by atoms with Crippen molar-refractivity contribution < 1.29 is 18.7 Å². The minimum Gasteiger partial charge on any atom is -0.478 e. The topological polar surface area (TPSA) is 45.2 Å². The first-order valence-electron chi connectivity index (χ1n) is 11.7.